The lowest BCUT2D eigenvalue weighted by molar-refractivity contribution is 0.364. The van der Waals surface area contributed by atoms with E-state index in [9.17, 15) is 0 Å². The van der Waals surface area contributed by atoms with Gasteiger partial charge in [0.2, 0.25) is 0 Å². The van der Waals surface area contributed by atoms with Crippen LogP contribution in [0.15, 0.2) is 53.5 Å². The molecule has 4 heteroatoms. The highest BCUT2D eigenvalue weighted by atomic mass is 15.1. The Labute approximate surface area is 129 Å². The van der Waals surface area contributed by atoms with Crippen LogP contribution in [-0.2, 0) is 13.0 Å². The molecular formula is C18H18N4. The molecule has 0 aliphatic carbocycles. The second kappa shape index (κ2) is 5.39. The number of H-pyrrole nitrogens is 1. The molecule has 0 radical (unpaired) electrons. The van der Waals surface area contributed by atoms with Crippen LogP contribution in [0.4, 0.5) is 5.69 Å². The Morgan fingerprint density at radius 2 is 1.86 bits per heavy atom. The summed E-state index contributed by atoms with van der Waals surface area (Å²) >= 11 is 0. The quantitative estimate of drug-likeness (QED) is 0.801. The largest absolute Gasteiger partial charge is 0.341 e. The first-order valence-electron chi connectivity index (χ1n) is 7.54. The molecule has 22 heavy (non-hydrogen) atoms. The van der Waals surface area contributed by atoms with Gasteiger partial charge in [-0.3, -0.25) is 9.89 Å². The molecule has 1 N–H and O–H groups in total. The molecule has 0 saturated carbocycles. The van der Waals surface area contributed by atoms with E-state index < -0.39 is 0 Å². The minimum absolute atomic E-state index is 0.796. The maximum absolute atomic E-state index is 4.72. The highest BCUT2D eigenvalue weighted by Gasteiger charge is 2.15. The molecule has 0 amide bonds. The van der Waals surface area contributed by atoms with E-state index in [1.165, 1.54) is 11.3 Å². The summed E-state index contributed by atoms with van der Waals surface area (Å²) in [7, 11) is 2.11. The highest BCUT2D eigenvalue weighted by molar-refractivity contribution is 5.95. The zero-order valence-electron chi connectivity index (χ0n) is 12.6. The molecule has 0 saturated heterocycles. The number of imidazole rings is 1. The van der Waals surface area contributed by atoms with E-state index in [0.29, 0.717) is 0 Å². The summed E-state index contributed by atoms with van der Waals surface area (Å²) < 4.78 is 0. The lowest BCUT2D eigenvalue weighted by Gasteiger charge is -2.14. The topological polar surface area (TPSA) is 44.3 Å². The minimum atomic E-state index is 0.796. The number of para-hydroxylation sites is 3. The van der Waals surface area contributed by atoms with Crippen LogP contribution in [0.2, 0.25) is 0 Å². The van der Waals surface area contributed by atoms with Crippen molar-refractivity contribution in [2.45, 2.75) is 13.0 Å². The number of aromatic nitrogens is 2. The van der Waals surface area contributed by atoms with Gasteiger partial charge in [0.1, 0.15) is 5.82 Å². The normalized spacial score (nSPS) is 13.6. The Bertz CT molecular complexity index is 814. The number of aliphatic imine (C=N–C) groups is 1. The fourth-order valence-corrected chi connectivity index (χ4v) is 2.99. The van der Waals surface area contributed by atoms with Crippen LogP contribution >= 0.6 is 0 Å². The summed E-state index contributed by atoms with van der Waals surface area (Å²) in [6.07, 6.45) is 0.959. The molecular weight excluding hydrogens is 272 g/mol. The number of aromatic amines is 1. The van der Waals surface area contributed by atoms with Crippen molar-refractivity contribution < 1.29 is 0 Å². The Hall–Kier alpha value is -2.46. The van der Waals surface area contributed by atoms with Crippen LogP contribution in [0.5, 0.6) is 0 Å². The Morgan fingerprint density at radius 1 is 1.05 bits per heavy atom. The number of nitrogens with one attached hydrogen (secondary N) is 1. The first-order valence-corrected chi connectivity index (χ1v) is 7.54. The highest BCUT2D eigenvalue weighted by Crippen LogP contribution is 2.26. The summed E-state index contributed by atoms with van der Waals surface area (Å²) in [5, 5.41) is 0. The van der Waals surface area contributed by atoms with Gasteiger partial charge < -0.3 is 4.98 Å². The average molecular weight is 290 g/mol. The molecule has 1 aliphatic rings. The van der Waals surface area contributed by atoms with E-state index >= 15 is 0 Å². The molecule has 4 nitrogen and oxygen atoms in total. The van der Waals surface area contributed by atoms with E-state index in [1.54, 1.807) is 0 Å². The van der Waals surface area contributed by atoms with Crippen molar-refractivity contribution in [1.29, 1.82) is 0 Å². The Balaban J connectivity index is 1.44. The summed E-state index contributed by atoms with van der Waals surface area (Å²) in [6, 6.07) is 16.5. The van der Waals surface area contributed by atoms with Crippen molar-refractivity contribution in [3.8, 4) is 0 Å². The van der Waals surface area contributed by atoms with Gasteiger partial charge in [0.25, 0.3) is 0 Å². The van der Waals surface area contributed by atoms with Gasteiger partial charge in [-0.05, 0) is 30.8 Å². The zero-order chi connectivity index (χ0) is 14.9. The molecule has 0 unspecified atom stereocenters. The van der Waals surface area contributed by atoms with Crippen molar-refractivity contribution in [1.82, 2.24) is 14.9 Å². The number of hydrogen-bond donors (Lipinski definition) is 1. The molecule has 1 aromatic heterocycles. The van der Waals surface area contributed by atoms with Gasteiger partial charge in [0.15, 0.2) is 0 Å². The second-order valence-electron chi connectivity index (χ2n) is 5.86. The standard InChI is InChI=1S/C18H18N4/c1-22(11-14-10-13-6-2-3-7-15(13)19-14)12-18-20-16-8-4-5-9-17(16)21-18/h2-9H,10-12H2,1H3,(H,20,21). The third-order valence-electron chi connectivity index (χ3n) is 3.98. The Kier molecular flexibility index (Phi) is 3.24. The SMILES string of the molecule is CN(CC1=Nc2ccccc2C1)Cc1nc2ccccc2[nH]1. The van der Waals surface area contributed by atoms with Gasteiger partial charge in [-0.15, -0.1) is 0 Å². The number of fused-ring (bicyclic) bond motifs is 2. The van der Waals surface area contributed by atoms with Gasteiger partial charge in [-0.25, -0.2) is 4.98 Å². The summed E-state index contributed by atoms with van der Waals surface area (Å²) in [5.74, 6) is 1.000. The van der Waals surface area contributed by atoms with Crippen molar-refractivity contribution in [3.63, 3.8) is 0 Å². The average Bonchev–Trinajstić information content (AvgIpc) is 3.08. The van der Waals surface area contributed by atoms with Crippen molar-refractivity contribution in [2.24, 2.45) is 4.99 Å². The molecule has 0 spiro atoms. The maximum atomic E-state index is 4.72. The fourth-order valence-electron chi connectivity index (χ4n) is 2.99. The lowest BCUT2D eigenvalue weighted by Crippen LogP contribution is -2.26. The molecule has 1 aliphatic heterocycles. The monoisotopic (exact) mass is 290 g/mol. The number of rotatable bonds is 4. The first kappa shape index (κ1) is 13.2. The number of nitrogens with zero attached hydrogens (tertiary/aromatic N) is 3. The molecule has 3 aromatic rings. The molecule has 0 fully saturated rings. The molecule has 0 bridgehead atoms. The second-order valence-corrected chi connectivity index (χ2v) is 5.86. The molecule has 2 heterocycles. The maximum Gasteiger partial charge on any atom is 0.121 e. The van der Waals surface area contributed by atoms with E-state index in [1.807, 2.05) is 24.3 Å². The van der Waals surface area contributed by atoms with Gasteiger partial charge in [0, 0.05) is 18.7 Å². The van der Waals surface area contributed by atoms with Crippen molar-refractivity contribution >= 4 is 22.4 Å². The molecule has 110 valence electrons. The third kappa shape index (κ3) is 2.53. The predicted molar refractivity (Wildman–Crippen MR) is 89.7 cm³/mol. The van der Waals surface area contributed by atoms with Gasteiger partial charge in [-0.1, -0.05) is 30.3 Å². The summed E-state index contributed by atoms with van der Waals surface area (Å²) in [6.45, 7) is 1.66. The zero-order valence-corrected chi connectivity index (χ0v) is 12.6. The third-order valence-corrected chi connectivity index (χ3v) is 3.98. The smallest absolute Gasteiger partial charge is 0.121 e. The molecule has 0 atom stereocenters. The lowest BCUT2D eigenvalue weighted by atomic mass is 10.1. The van der Waals surface area contributed by atoms with Crippen LogP contribution in [0.25, 0.3) is 11.0 Å². The van der Waals surface area contributed by atoms with E-state index in [2.05, 4.69) is 46.2 Å². The minimum Gasteiger partial charge on any atom is -0.341 e. The van der Waals surface area contributed by atoms with Crippen LogP contribution in [0.1, 0.15) is 11.4 Å². The van der Waals surface area contributed by atoms with Crippen molar-refractivity contribution in [3.05, 3.63) is 59.9 Å². The Morgan fingerprint density at radius 3 is 2.73 bits per heavy atom. The summed E-state index contributed by atoms with van der Waals surface area (Å²) in [4.78, 5) is 15.0. The van der Waals surface area contributed by atoms with Gasteiger partial charge in [0.05, 0.1) is 23.3 Å². The van der Waals surface area contributed by atoms with Gasteiger partial charge in [-0.2, -0.15) is 0 Å². The van der Waals surface area contributed by atoms with E-state index in [0.717, 1.165) is 42.1 Å². The van der Waals surface area contributed by atoms with Crippen LogP contribution < -0.4 is 0 Å². The number of hydrogen-bond acceptors (Lipinski definition) is 3. The number of benzene rings is 2. The predicted octanol–water partition coefficient (Wildman–Crippen LogP) is 3.32. The van der Waals surface area contributed by atoms with Crippen LogP contribution in [0, 0.1) is 0 Å². The van der Waals surface area contributed by atoms with E-state index in [-0.39, 0.29) is 0 Å². The van der Waals surface area contributed by atoms with Crippen molar-refractivity contribution in [2.75, 3.05) is 13.6 Å². The summed E-state index contributed by atoms with van der Waals surface area (Å²) in [5.41, 5.74) is 5.79. The first-order chi connectivity index (χ1) is 10.8. The van der Waals surface area contributed by atoms with Crippen LogP contribution in [0.3, 0.4) is 0 Å². The van der Waals surface area contributed by atoms with Crippen LogP contribution in [-0.4, -0.2) is 34.2 Å². The fraction of sp³-hybridized carbons (Fsp3) is 0.222. The molecule has 4 rings (SSSR count). The van der Waals surface area contributed by atoms with E-state index in [4.69, 9.17) is 4.99 Å². The van der Waals surface area contributed by atoms with Gasteiger partial charge >= 0.3 is 0 Å². The molecule has 2 aromatic carbocycles.